The Labute approximate surface area is 329 Å². The van der Waals surface area contributed by atoms with Crippen molar-refractivity contribution in [1.29, 1.82) is 0 Å². The van der Waals surface area contributed by atoms with Gasteiger partial charge in [-0.3, -0.25) is 0 Å². The number of aliphatic hydroxyl groups excluding tert-OH is 2. The largest absolute Gasteiger partial charge is 0.487 e. The maximum Gasteiger partial charge on any atom is 0.161 e. The van der Waals surface area contributed by atoms with E-state index in [1.807, 2.05) is 44.2 Å². The van der Waals surface area contributed by atoms with Gasteiger partial charge < -0.3 is 57.6 Å². The summed E-state index contributed by atoms with van der Waals surface area (Å²) >= 11 is 0. The summed E-state index contributed by atoms with van der Waals surface area (Å²) in [5, 5.41) is 18.1. The van der Waals surface area contributed by atoms with E-state index in [4.69, 9.17) is 67.5 Å². The number of aromatic nitrogens is 2. The van der Waals surface area contributed by atoms with E-state index in [1.54, 1.807) is 14.2 Å². The molecule has 0 unspecified atom stereocenters. The number of hydrogen-bond acceptors (Lipinski definition) is 14. The molecule has 1 aromatic heterocycles. The summed E-state index contributed by atoms with van der Waals surface area (Å²) in [7, 11) is 3.27. The maximum absolute atomic E-state index is 9.06. The molecule has 0 aliphatic rings. The SMILES string of the molecule is COCCOCCOc1ccc(-c2nc3c(C)ccc(C)c3nc2-c2ccc(COCCOCCO)c(COCCOCCO)c2)cc1OCCOCCOC. The molecule has 14 nitrogen and oxygen atoms in total. The number of fused-ring (bicyclic) bond motifs is 1. The van der Waals surface area contributed by atoms with Crippen molar-refractivity contribution < 1.29 is 57.6 Å². The second-order valence-corrected chi connectivity index (χ2v) is 12.6. The molecule has 0 aliphatic carbocycles. The molecule has 0 bridgehead atoms. The molecule has 308 valence electrons. The smallest absolute Gasteiger partial charge is 0.161 e. The van der Waals surface area contributed by atoms with Crippen LogP contribution >= 0.6 is 0 Å². The fourth-order valence-corrected chi connectivity index (χ4v) is 5.57. The summed E-state index contributed by atoms with van der Waals surface area (Å²) < 4.78 is 56.5. The van der Waals surface area contributed by atoms with E-state index in [-0.39, 0.29) is 26.4 Å². The van der Waals surface area contributed by atoms with Crippen LogP contribution in [0.1, 0.15) is 22.3 Å². The third kappa shape index (κ3) is 14.6. The van der Waals surface area contributed by atoms with E-state index in [0.29, 0.717) is 115 Å². The quantitative estimate of drug-likeness (QED) is 0.0701. The van der Waals surface area contributed by atoms with E-state index < -0.39 is 0 Å². The number of benzene rings is 3. The van der Waals surface area contributed by atoms with Crippen molar-refractivity contribution in [3.63, 3.8) is 0 Å². The van der Waals surface area contributed by atoms with Gasteiger partial charge in [-0.05, 0) is 60.4 Å². The summed E-state index contributed by atoms with van der Waals surface area (Å²) in [6.07, 6.45) is 0. The van der Waals surface area contributed by atoms with Crippen LogP contribution in [0.3, 0.4) is 0 Å². The van der Waals surface area contributed by atoms with E-state index in [2.05, 4.69) is 18.2 Å². The maximum atomic E-state index is 9.06. The summed E-state index contributed by atoms with van der Waals surface area (Å²) in [5.74, 6) is 1.10. The van der Waals surface area contributed by atoms with Crippen molar-refractivity contribution in [3.05, 3.63) is 70.8 Å². The molecule has 1 heterocycles. The average Bonchev–Trinajstić information content (AvgIpc) is 3.21. The molecule has 0 saturated heterocycles. The van der Waals surface area contributed by atoms with Crippen LogP contribution in [0, 0.1) is 13.8 Å². The van der Waals surface area contributed by atoms with Crippen LogP contribution in [-0.2, 0) is 51.1 Å². The normalized spacial score (nSPS) is 11.5. The van der Waals surface area contributed by atoms with Crippen molar-refractivity contribution in [2.24, 2.45) is 0 Å². The fourth-order valence-electron chi connectivity index (χ4n) is 5.57. The number of aryl methyl sites for hydroxylation is 2. The molecule has 4 rings (SSSR count). The van der Waals surface area contributed by atoms with Gasteiger partial charge in [0.25, 0.3) is 0 Å². The molecule has 3 aromatic carbocycles. The number of methoxy groups -OCH3 is 2. The van der Waals surface area contributed by atoms with Crippen LogP contribution in [-0.4, -0.2) is 140 Å². The van der Waals surface area contributed by atoms with E-state index >= 15 is 0 Å². The summed E-state index contributed by atoms with van der Waals surface area (Å²) in [6.45, 7) is 9.95. The van der Waals surface area contributed by atoms with Crippen LogP contribution in [0.4, 0.5) is 0 Å². The first-order valence-corrected chi connectivity index (χ1v) is 19.0. The highest BCUT2D eigenvalue weighted by atomic mass is 16.6. The van der Waals surface area contributed by atoms with Crippen molar-refractivity contribution in [2.75, 3.05) is 120 Å². The molecule has 0 aliphatic heterocycles. The van der Waals surface area contributed by atoms with Crippen LogP contribution in [0.2, 0.25) is 0 Å². The standard InChI is InChI=1S/C42H58N2O12/c1-31-5-6-32(2)40-39(31)43-41(33-7-8-35(29-53-21-19-49-13-11-45)36(27-33)30-54-22-20-50-14-12-46)42(44-40)34-9-10-37(55-25-23-51-17-15-47-3)38(28-34)56-26-24-52-18-16-48-4/h5-10,27-28,45-46H,11-26,29-30H2,1-4H3. The van der Waals surface area contributed by atoms with Crippen molar-refractivity contribution in [3.8, 4) is 34.0 Å². The van der Waals surface area contributed by atoms with Gasteiger partial charge in [-0.2, -0.15) is 0 Å². The van der Waals surface area contributed by atoms with Crippen LogP contribution < -0.4 is 9.47 Å². The zero-order valence-corrected chi connectivity index (χ0v) is 33.2. The van der Waals surface area contributed by atoms with Crippen LogP contribution in [0.5, 0.6) is 11.5 Å². The molecule has 14 heteroatoms. The van der Waals surface area contributed by atoms with E-state index in [0.717, 1.165) is 44.4 Å². The van der Waals surface area contributed by atoms with Gasteiger partial charge in [0.2, 0.25) is 0 Å². The monoisotopic (exact) mass is 782 g/mol. The summed E-state index contributed by atoms with van der Waals surface area (Å²) in [4.78, 5) is 10.6. The Kier molecular flexibility index (Phi) is 21.0. The van der Waals surface area contributed by atoms with Gasteiger partial charge in [-0.1, -0.05) is 24.3 Å². The van der Waals surface area contributed by atoms with Gasteiger partial charge in [-0.25, -0.2) is 9.97 Å². The first-order chi connectivity index (χ1) is 27.5. The van der Waals surface area contributed by atoms with Gasteiger partial charge in [0.1, 0.15) is 13.2 Å². The van der Waals surface area contributed by atoms with E-state index in [1.165, 1.54) is 0 Å². The molecule has 4 aromatic rings. The number of nitrogens with zero attached hydrogens (tertiary/aromatic N) is 2. The Balaban J connectivity index is 1.72. The van der Waals surface area contributed by atoms with E-state index in [9.17, 15) is 0 Å². The van der Waals surface area contributed by atoms with Gasteiger partial charge >= 0.3 is 0 Å². The molecule has 0 amide bonds. The molecule has 2 N–H and O–H groups in total. The average molecular weight is 783 g/mol. The Morgan fingerprint density at radius 2 is 0.893 bits per heavy atom. The third-order valence-corrected chi connectivity index (χ3v) is 8.49. The molecule has 0 atom stereocenters. The summed E-state index contributed by atoms with van der Waals surface area (Å²) in [6, 6.07) is 16.0. The zero-order chi connectivity index (χ0) is 39.8. The second-order valence-electron chi connectivity index (χ2n) is 12.6. The molecule has 0 radical (unpaired) electrons. The fraction of sp³-hybridized carbons (Fsp3) is 0.524. The highest BCUT2D eigenvalue weighted by molar-refractivity contribution is 5.89. The van der Waals surface area contributed by atoms with Gasteiger partial charge in [0.05, 0.1) is 128 Å². The molecular formula is C42H58N2O12. The number of ether oxygens (including phenoxy) is 10. The number of hydrogen-bond donors (Lipinski definition) is 2. The second kappa shape index (κ2) is 26.2. The lowest BCUT2D eigenvalue weighted by atomic mass is 9.98. The zero-order valence-electron chi connectivity index (χ0n) is 33.2. The van der Waals surface area contributed by atoms with Gasteiger partial charge in [0, 0.05) is 25.3 Å². The van der Waals surface area contributed by atoms with Crippen molar-refractivity contribution in [2.45, 2.75) is 27.1 Å². The minimum absolute atomic E-state index is 0.0363. The molecule has 0 saturated carbocycles. The molecular weight excluding hydrogens is 724 g/mol. The highest BCUT2D eigenvalue weighted by Crippen LogP contribution is 2.38. The van der Waals surface area contributed by atoms with Crippen LogP contribution in [0.25, 0.3) is 33.5 Å². The Hall–Kier alpha value is -3.80. The minimum atomic E-state index is -0.0450. The lowest BCUT2D eigenvalue weighted by molar-refractivity contribution is 0.0223. The highest BCUT2D eigenvalue weighted by Gasteiger charge is 2.19. The summed E-state index contributed by atoms with van der Waals surface area (Å²) in [5.41, 5.74) is 8.54. The topological polar surface area (TPSA) is 159 Å². The molecule has 0 spiro atoms. The Morgan fingerprint density at radius 3 is 1.45 bits per heavy atom. The Bertz CT molecular complexity index is 1600. The van der Waals surface area contributed by atoms with Crippen molar-refractivity contribution in [1.82, 2.24) is 9.97 Å². The third-order valence-electron chi connectivity index (χ3n) is 8.49. The van der Waals surface area contributed by atoms with Gasteiger partial charge in [0.15, 0.2) is 11.5 Å². The lowest BCUT2D eigenvalue weighted by Crippen LogP contribution is -2.12. The molecule has 0 fully saturated rings. The predicted molar refractivity (Wildman–Crippen MR) is 211 cm³/mol. The lowest BCUT2D eigenvalue weighted by Gasteiger charge is -2.18. The number of rotatable bonds is 30. The Morgan fingerprint density at radius 1 is 0.446 bits per heavy atom. The number of aliphatic hydroxyl groups is 2. The van der Waals surface area contributed by atoms with Crippen LogP contribution in [0.15, 0.2) is 48.5 Å². The minimum Gasteiger partial charge on any atom is -0.487 e. The van der Waals surface area contributed by atoms with Crippen molar-refractivity contribution >= 4 is 11.0 Å². The first-order valence-electron chi connectivity index (χ1n) is 19.0. The predicted octanol–water partition coefficient (Wildman–Crippen LogP) is 4.72. The van der Waals surface area contributed by atoms with Gasteiger partial charge in [-0.15, -0.1) is 0 Å². The first kappa shape index (κ1) is 44.9. The molecule has 56 heavy (non-hydrogen) atoms.